The molecule has 2 atom stereocenters. The summed E-state index contributed by atoms with van der Waals surface area (Å²) in [4.78, 5) is 26.4. The molecule has 1 aliphatic rings. The Balaban J connectivity index is 2.97. The van der Waals surface area contributed by atoms with Gasteiger partial charge in [-0.3, -0.25) is 9.59 Å². The second-order valence-corrected chi connectivity index (χ2v) is 6.58. The molecule has 4 nitrogen and oxygen atoms in total. The summed E-state index contributed by atoms with van der Waals surface area (Å²) in [5.74, 6) is 0.435. The van der Waals surface area contributed by atoms with Crippen molar-refractivity contribution < 1.29 is 9.59 Å². The number of hydrogen-bond donors (Lipinski definition) is 1. The van der Waals surface area contributed by atoms with Crippen LogP contribution in [0.4, 0.5) is 0 Å². The third-order valence-electron chi connectivity index (χ3n) is 3.33. The van der Waals surface area contributed by atoms with Crippen molar-refractivity contribution in [3.8, 4) is 0 Å². The quantitative estimate of drug-likeness (QED) is 0.835. The van der Waals surface area contributed by atoms with Gasteiger partial charge in [-0.15, -0.1) is 0 Å². The van der Waals surface area contributed by atoms with Crippen LogP contribution in [0.1, 0.15) is 48.0 Å². The lowest BCUT2D eigenvalue weighted by Gasteiger charge is -2.44. The van der Waals surface area contributed by atoms with Crippen molar-refractivity contribution in [2.75, 3.05) is 6.54 Å². The molecule has 104 valence electrons. The van der Waals surface area contributed by atoms with Gasteiger partial charge in [-0.2, -0.15) is 0 Å². The maximum absolute atomic E-state index is 12.4. The first-order valence-electron chi connectivity index (χ1n) is 6.79. The second-order valence-electron chi connectivity index (χ2n) is 6.58. The van der Waals surface area contributed by atoms with Gasteiger partial charge in [0.2, 0.25) is 11.8 Å². The summed E-state index contributed by atoms with van der Waals surface area (Å²) in [6.07, 6.45) is 0.706. The second kappa shape index (κ2) is 5.29. The van der Waals surface area contributed by atoms with E-state index in [1.165, 1.54) is 0 Å². The van der Waals surface area contributed by atoms with Crippen molar-refractivity contribution in [2.24, 2.45) is 11.3 Å². The van der Waals surface area contributed by atoms with Gasteiger partial charge in [0, 0.05) is 6.54 Å². The first kappa shape index (κ1) is 15.0. The Morgan fingerprint density at radius 3 is 2.22 bits per heavy atom. The van der Waals surface area contributed by atoms with Gasteiger partial charge in [0.25, 0.3) is 0 Å². The minimum Gasteiger partial charge on any atom is -0.342 e. The highest BCUT2D eigenvalue weighted by molar-refractivity contribution is 5.97. The zero-order chi connectivity index (χ0) is 14.1. The minimum atomic E-state index is -0.363. The summed E-state index contributed by atoms with van der Waals surface area (Å²) in [5, 5.41) is 2.89. The molecule has 1 N–H and O–H groups in total. The van der Waals surface area contributed by atoms with Crippen LogP contribution in [-0.4, -0.2) is 35.3 Å². The number of carbonyl (C=O) groups excluding carboxylic acids is 2. The summed E-state index contributed by atoms with van der Waals surface area (Å²) in [6.45, 7) is 12.6. The third kappa shape index (κ3) is 3.03. The molecule has 1 heterocycles. The van der Waals surface area contributed by atoms with Crippen molar-refractivity contribution in [2.45, 2.75) is 60.0 Å². The van der Waals surface area contributed by atoms with E-state index in [1.54, 1.807) is 4.90 Å². The predicted molar refractivity (Wildman–Crippen MR) is 72.0 cm³/mol. The average Bonchev–Trinajstić information content (AvgIpc) is 2.19. The summed E-state index contributed by atoms with van der Waals surface area (Å²) in [7, 11) is 0. The number of piperazine rings is 1. The molecule has 0 aliphatic carbocycles. The molecule has 2 amide bonds. The standard InChI is InChI=1S/C14H26N2O2/c1-7-16-11(14(4,5)6)12(17)15-10(13(16)18)8-9(2)3/h9-11H,7-8H2,1-6H3,(H,15,17). The van der Waals surface area contributed by atoms with E-state index in [4.69, 9.17) is 0 Å². The number of carbonyl (C=O) groups is 2. The zero-order valence-electron chi connectivity index (χ0n) is 12.4. The molecule has 0 spiro atoms. The van der Waals surface area contributed by atoms with Crippen molar-refractivity contribution in [3.05, 3.63) is 0 Å². The molecule has 1 fully saturated rings. The van der Waals surface area contributed by atoms with E-state index in [-0.39, 0.29) is 29.3 Å². The molecular formula is C14H26N2O2. The Labute approximate surface area is 110 Å². The van der Waals surface area contributed by atoms with Gasteiger partial charge in [-0.25, -0.2) is 0 Å². The largest absolute Gasteiger partial charge is 0.342 e. The number of amides is 2. The Morgan fingerprint density at radius 1 is 1.28 bits per heavy atom. The average molecular weight is 254 g/mol. The van der Waals surface area contributed by atoms with Crippen molar-refractivity contribution >= 4 is 11.8 Å². The fraction of sp³-hybridized carbons (Fsp3) is 0.857. The molecule has 0 saturated carbocycles. The van der Waals surface area contributed by atoms with E-state index < -0.39 is 0 Å². The highest BCUT2D eigenvalue weighted by Gasteiger charge is 2.45. The molecule has 0 bridgehead atoms. The summed E-state index contributed by atoms with van der Waals surface area (Å²) < 4.78 is 0. The fourth-order valence-electron chi connectivity index (χ4n) is 2.61. The van der Waals surface area contributed by atoms with E-state index in [1.807, 2.05) is 27.7 Å². The van der Waals surface area contributed by atoms with Gasteiger partial charge < -0.3 is 10.2 Å². The van der Waals surface area contributed by atoms with E-state index in [0.717, 1.165) is 0 Å². The van der Waals surface area contributed by atoms with Gasteiger partial charge >= 0.3 is 0 Å². The molecule has 0 aromatic carbocycles. The number of nitrogens with zero attached hydrogens (tertiary/aromatic N) is 1. The van der Waals surface area contributed by atoms with Crippen LogP contribution in [0, 0.1) is 11.3 Å². The molecule has 4 heteroatoms. The Hall–Kier alpha value is -1.06. The highest BCUT2D eigenvalue weighted by Crippen LogP contribution is 2.28. The number of rotatable bonds is 3. The van der Waals surface area contributed by atoms with Crippen molar-refractivity contribution in [1.29, 1.82) is 0 Å². The molecule has 0 radical (unpaired) electrons. The molecular weight excluding hydrogens is 228 g/mol. The first-order valence-corrected chi connectivity index (χ1v) is 6.79. The van der Waals surface area contributed by atoms with E-state index in [0.29, 0.717) is 18.9 Å². The van der Waals surface area contributed by atoms with Crippen LogP contribution >= 0.6 is 0 Å². The monoisotopic (exact) mass is 254 g/mol. The summed E-state index contributed by atoms with van der Waals surface area (Å²) >= 11 is 0. The summed E-state index contributed by atoms with van der Waals surface area (Å²) in [6, 6.07) is -0.713. The fourth-order valence-corrected chi connectivity index (χ4v) is 2.61. The lowest BCUT2D eigenvalue weighted by molar-refractivity contribution is -0.153. The molecule has 18 heavy (non-hydrogen) atoms. The lowest BCUT2D eigenvalue weighted by atomic mass is 9.82. The molecule has 1 aliphatic heterocycles. The van der Waals surface area contributed by atoms with Crippen molar-refractivity contribution in [3.63, 3.8) is 0 Å². The van der Waals surface area contributed by atoms with Crippen LogP contribution in [0.5, 0.6) is 0 Å². The normalized spacial score (nSPS) is 25.6. The number of nitrogens with one attached hydrogen (secondary N) is 1. The Bertz CT molecular complexity index is 331. The van der Waals surface area contributed by atoms with Gasteiger partial charge in [-0.1, -0.05) is 34.6 Å². The van der Waals surface area contributed by atoms with Gasteiger partial charge in [0.05, 0.1) is 0 Å². The third-order valence-corrected chi connectivity index (χ3v) is 3.33. The van der Waals surface area contributed by atoms with Gasteiger partial charge in [0.1, 0.15) is 12.1 Å². The smallest absolute Gasteiger partial charge is 0.245 e. The van der Waals surface area contributed by atoms with E-state index in [2.05, 4.69) is 19.2 Å². The van der Waals surface area contributed by atoms with Gasteiger partial charge in [0.15, 0.2) is 0 Å². The van der Waals surface area contributed by atoms with Crippen molar-refractivity contribution in [1.82, 2.24) is 10.2 Å². The molecule has 0 aromatic heterocycles. The van der Waals surface area contributed by atoms with Crippen LogP contribution in [0.3, 0.4) is 0 Å². The molecule has 1 rings (SSSR count). The maximum Gasteiger partial charge on any atom is 0.245 e. The topological polar surface area (TPSA) is 49.4 Å². The summed E-state index contributed by atoms with van der Waals surface area (Å²) in [5.41, 5.74) is -0.238. The highest BCUT2D eigenvalue weighted by atomic mass is 16.2. The lowest BCUT2D eigenvalue weighted by Crippen LogP contribution is -2.66. The van der Waals surface area contributed by atoms with E-state index in [9.17, 15) is 9.59 Å². The number of hydrogen-bond acceptors (Lipinski definition) is 2. The predicted octanol–water partition coefficient (Wildman–Crippen LogP) is 1.79. The van der Waals surface area contributed by atoms with Crippen LogP contribution in [0.15, 0.2) is 0 Å². The SMILES string of the molecule is CCN1C(=O)C(CC(C)C)NC(=O)C1C(C)(C)C. The van der Waals surface area contributed by atoms with Crippen LogP contribution in [-0.2, 0) is 9.59 Å². The Kier molecular flexibility index (Phi) is 4.41. The molecule has 1 saturated heterocycles. The van der Waals surface area contributed by atoms with Crippen LogP contribution in [0.2, 0.25) is 0 Å². The zero-order valence-corrected chi connectivity index (χ0v) is 12.4. The van der Waals surface area contributed by atoms with E-state index >= 15 is 0 Å². The minimum absolute atomic E-state index is 0.0189. The first-order chi connectivity index (χ1) is 8.18. The van der Waals surface area contributed by atoms with Crippen LogP contribution < -0.4 is 5.32 Å². The Morgan fingerprint density at radius 2 is 1.83 bits per heavy atom. The maximum atomic E-state index is 12.4. The molecule has 2 unspecified atom stereocenters. The van der Waals surface area contributed by atoms with Gasteiger partial charge in [-0.05, 0) is 24.7 Å². The van der Waals surface area contributed by atoms with Crippen LogP contribution in [0.25, 0.3) is 0 Å². The molecule has 0 aromatic rings. The number of likely N-dealkylation sites (N-methyl/N-ethyl adjacent to an activating group) is 1.